The smallest absolute Gasteiger partial charge is 0.138 e. The third-order valence-corrected chi connectivity index (χ3v) is 22.5. The number of rotatable bonds is 2. The summed E-state index contributed by atoms with van der Waals surface area (Å²) >= 11 is 3.80. The third-order valence-electron chi connectivity index (χ3n) is 19.9. The van der Waals surface area contributed by atoms with Crippen molar-refractivity contribution in [2.24, 2.45) is 0 Å². The van der Waals surface area contributed by atoms with Crippen LogP contribution in [0.3, 0.4) is 0 Å². The molecule has 6 aromatic heterocycles. The summed E-state index contributed by atoms with van der Waals surface area (Å²) in [5, 5.41) is 15.9. The minimum absolute atomic E-state index is 0.977. The molecule has 20 aromatic rings. The molecule has 0 saturated carbocycles. The average molecular weight is 1360 g/mol. The van der Waals surface area contributed by atoms with Crippen LogP contribution in [0.5, 0.6) is 0 Å². The summed E-state index contributed by atoms with van der Waals surface area (Å²) in [4.78, 5) is 0. The second-order valence-electron chi connectivity index (χ2n) is 27.4. The highest BCUT2D eigenvalue weighted by atomic mass is 32.1. The van der Waals surface area contributed by atoms with E-state index in [1.54, 1.807) is 0 Å². The molecule has 0 radical (unpaired) electrons. The van der Waals surface area contributed by atoms with Gasteiger partial charge in [-0.1, -0.05) is 205 Å². The molecule has 0 amide bonds. The molecule has 0 unspecified atom stereocenters. The Morgan fingerprint density at radius 2 is 0.598 bits per heavy atom. The standard InChI is InChI=1S/2C20H17N.2C14H12O.2C14H12S/c1-14-8-10-19-17(12-14)18-13-15(2)9-11-20(18)21(19)16-6-4-3-5-7-16;1-14-8-10-17-18-11-9-15(2)13-20(18)21(19(17)12-14)16-6-4-3-5-7-16;1-9-5-4-8-12-13(9)11-7-3-6-10(2)14(11)15-12;1-9-7-8-10(2)14-13(9)11-5-3-4-6-12(11)15-14;2*1-9-5-4-8-12-13(9)11-7-3-6-10(2)14(11)15-12/h2*3-13H,1-2H3;4*3-8H,1-2H3. The number of benzene rings is 14. The molecule has 0 fully saturated rings. The molecule has 0 aliphatic carbocycles. The summed E-state index contributed by atoms with van der Waals surface area (Å²) in [6, 6.07) is 99.2. The Balaban J connectivity index is 0.0000000996. The van der Waals surface area contributed by atoms with Gasteiger partial charge in [-0.15, -0.1) is 22.7 Å². The van der Waals surface area contributed by atoms with E-state index in [-0.39, 0.29) is 0 Å². The first kappa shape index (κ1) is 66.6. The molecule has 6 heterocycles. The van der Waals surface area contributed by atoms with Gasteiger partial charge in [0.1, 0.15) is 22.3 Å². The molecule has 20 rings (SSSR count). The van der Waals surface area contributed by atoms with Gasteiger partial charge in [0.2, 0.25) is 0 Å². The molecule has 4 nitrogen and oxygen atoms in total. The Hall–Kier alpha value is -11.3. The van der Waals surface area contributed by atoms with Gasteiger partial charge in [0, 0.05) is 94.8 Å². The number of aromatic nitrogens is 2. The lowest BCUT2D eigenvalue weighted by Gasteiger charge is -2.08. The Bertz CT molecular complexity index is 6130. The summed E-state index contributed by atoms with van der Waals surface area (Å²) in [6.07, 6.45) is 0. The quantitative estimate of drug-likeness (QED) is 0.173. The number of thiophene rings is 2. The fraction of sp³-hybridized carbons (Fsp3) is 0.125. The highest BCUT2D eigenvalue weighted by molar-refractivity contribution is 7.26. The minimum atomic E-state index is 0.977. The first-order chi connectivity index (χ1) is 49.6. The number of furan rings is 2. The van der Waals surface area contributed by atoms with E-state index in [0.29, 0.717) is 0 Å². The lowest BCUT2D eigenvalue weighted by atomic mass is 10.0. The van der Waals surface area contributed by atoms with Crippen LogP contribution in [-0.4, -0.2) is 9.13 Å². The maximum atomic E-state index is 5.86. The molecular weight excluding hydrogens is 1280 g/mol. The molecule has 0 spiro atoms. The van der Waals surface area contributed by atoms with Crippen molar-refractivity contribution in [1.82, 2.24) is 9.13 Å². The van der Waals surface area contributed by atoms with Crippen LogP contribution < -0.4 is 0 Å². The van der Waals surface area contributed by atoms with Crippen molar-refractivity contribution in [3.05, 3.63) is 346 Å². The number of para-hydroxylation sites is 4. The number of fused-ring (bicyclic) bond motifs is 18. The van der Waals surface area contributed by atoms with Crippen LogP contribution in [0.4, 0.5) is 0 Å². The van der Waals surface area contributed by atoms with E-state index in [4.69, 9.17) is 8.83 Å². The van der Waals surface area contributed by atoms with Crippen LogP contribution in [0.25, 0.3) is 139 Å². The highest BCUT2D eigenvalue weighted by Crippen LogP contribution is 2.41. The van der Waals surface area contributed by atoms with E-state index in [2.05, 4.69) is 347 Å². The average Bonchev–Trinajstić information content (AvgIpc) is 1.60. The van der Waals surface area contributed by atoms with Gasteiger partial charge in [0.15, 0.2) is 0 Å². The van der Waals surface area contributed by atoms with E-state index >= 15 is 0 Å². The molecule has 0 N–H and O–H groups in total. The van der Waals surface area contributed by atoms with Gasteiger partial charge in [-0.3, -0.25) is 0 Å². The maximum absolute atomic E-state index is 5.86. The first-order valence-corrected chi connectivity index (χ1v) is 36.8. The molecule has 0 saturated heterocycles. The van der Waals surface area contributed by atoms with Gasteiger partial charge in [-0.25, -0.2) is 0 Å². The van der Waals surface area contributed by atoms with Crippen LogP contribution in [0.2, 0.25) is 0 Å². The van der Waals surface area contributed by atoms with Gasteiger partial charge >= 0.3 is 0 Å². The predicted octanol–water partition coefficient (Wildman–Crippen LogP) is 28.5. The van der Waals surface area contributed by atoms with E-state index in [1.807, 2.05) is 46.9 Å². The van der Waals surface area contributed by atoms with Crippen LogP contribution in [0.1, 0.15) is 66.8 Å². The molecule has 0 aliphatic rings. The van der Waals surface area contributed by atoms with Gasteiger partial charge in [0.25, 0.3) is 0 Å². The zero-order valence-electron chi connectivity index (χ0n) is 60.1. The van der Waals surface area contributed by atoms with Crippen molar-refractivity contribution in [1.29, 1.82) is 0 Å². The summed E-state index contributed by atoms with van der Waals surface area (Å²) < 4.78 is 22.1. The Morgan fingerprint density at radius 3 is 1.14 bits per heavy atom. The molecule has 0 atom stereocenters. The largest absolute Gasteiger partial charge is 0.456 e. The topological polar surface area (TPSA) is 36.1 Å². The minimum Gasteiger partial charge on any atom is -0.456 e. The molecule has 102 heavy (non-hydrogen) atoms. The van der Waals surface area contributed by atoms with Crippen LogP contribution in [0, 0.1) is 83.1 Å². The zero-order chi connectivity index (χ0) is 70.4. The van der Waals surface area contributed by atoms with Crippen molar-refractivity contribution < 1.29 is 8.83 Å². The van der Waals surface area contributed by atoms with Gasteiger partial charge in [-0.2, -0.15) is 0 Å². The Labute approximate surface area is 604 Å². The van der Waals surface area contributed by atoms with Gasteiger partial charge in [0.05, 0.1) is 22.1 Å². The molecule has 0 bridgehead atoms. The van der Waals surface area contributed by atoms with Gasteiger partial charge < -0.3 is 18.0 Å². The van der Waals surface area contributed by atoms with E-state index in [1.165, 1.54) is 184 Å². The fourth-order valence-electron chi connectivity index (χ4n) is 14.8. The number of hydrogen-bond donors (Lipinski definition) is 0. The van der Waals surface area contributed by atoms with Crippen LogP contribution in [0.15, 0.2) is 288 Å². The first-order valence-electron chi connectivity index (χ1n) is 35.2. The molecular formula is C96H82N2O2S2. The van der Waals surface area contributed by atoms with Crippen molar-refractivity contribution >= 4 is 151 Å². The van der Waals surface area contributed by atoms with Crippen molar-refractivity contribution in [2.45, 2.75) is 83.1 Å². The monoisotopic (exact) mass is 1360 g/mol. The van der Waals surface area contributed by atoms with Gasteiger partial charge in [-0.05, 0) is 224 Å². The summed E-state index contributed by atoms with van der Waals surface area (Å²) in [7, 11) is 0. The Kier molecular flexibility index (Phi) is 18.3. The maximum Gasteiger partial charge on any atom is 0.138 e. The molecule has 14 aromatic carbocycles. The van der Waals surface area contributed by atoms with Crippen molar-refractivity contribution in [3.8, 4) is 11.4 Å². The van der Waals surface area contributed by atoms with E-state index in [9.17, 15) is 0 Å². The fourth-order valence-corrected chi connectivity index (χ4v) is 17.3. The lowest BCUT2D eigenvalue weighted by molar-refractivity contribution is 0.665. The van der Waals surface area contributed by atoms with Crippen molar-refractivity contribution in [3.63, 3.8) is 0 Å². The number of hydrogen-bond acceptors (Lipinski definition) is 4. The lowest BCUT2D eigenvalue weighted by Crippen LogP contribution is -1.93. The molecule has 500 valence electrons. The highest BCUT2D eigenvalue weighted by Gasteiger charge is 2.17. The third kappa shape index (κ3) is 12.6. The SMILES string of the molecule is Cc1ccc(C)c2c1oc1ccccc12.Cc1ccc2c(c1)c1cc(C)ccc1n2-c1ccccc1.Cc1ccc2c3ccc(C)cc3n(-c3ccccc3)c2c1.Cc1cccc2c1oc1cccc(C)c12.Cc1cccc2c1sc1cccc(C)c12.Cc1cccc2c1sc1cccc(C)c12. The summed E-state index contributed by atoms with van der Waals surface area (Å²) in [5.74, 6) is 0. The second-order valence-corrected chi connectivity index (χ2v) is 29.5. The second kappa shape index (κ2) is 28.0. The number of aryl methyl sites for hydroxylation is 12. The normalized spacial score (nSPS) is 11.3. The van der Waals surface area contributed by atoms with Crippen LogP contribution in [-0.2, 0) is 0 Å². The van der Waals surface area contributed by atoms with Crippen molar-refractivity contribution in [2.75, 3.05) is 0 Å². The molecule has 0 aliphatic heterocycles. The summed E-state index contributed by atoms with van der Waals surface area (Å²) in [6.45, 7) is 25.8. The van der Waals surface area contributed by atoms with Crippen LogP contribution >= 0.6 is 22.7 Å². The predicted molar refractivity (Wildman–Crippen MR) is 445 cm³/mol. The van der Waals surface area contributed by atoms with E-state index in [0.717, 1.165) is 22.3 Å². The zero-order valence-corrected chi connectivity index (χ0v) is 61.7. The number of nitrogens with zero attached hydrogens (tertiary/aromatic N) is 2. The summed E-state index contributed by atoms with van der Waals surface area (Å²) in [5.41, 5.74) is 27.2. The Morgan fingerprint density at radius 1 is 0.225 bits per heavy atom. The van der Waals surface area contributed by atoms with E-state index < -0.39 is 0 Å². The molecule has 6 heteroatoms.